The van der Waals surface area contributed by atoms with Crippen LogP contribution in [0, 0.1) is 0 Å². The molecule has 4 aromatic carbocycles. The van der Waals surface area contributed by atoms with E-state index in [2.05, 4.69) is 113 Å². The lowest BCUT2D eigenvalue weighted by atomic mass is 9.95. The highest BCUT2D eigenvalue weighted by Gasteiger charge is 2.18. The van der Waals surface area contributed by atoms with Crippen LogP contribution in [0.2, 0.25) is 0 Å². The van der Waals surface area contributed by atoms with Gasteiger partial charge in [-0.05, 0) is 47.0 Å². The molecular weight excluding hydrogens is 376 g/mol. The highest BCUT2D eigenvalue weighted by Crippen LogP contribution is 2.40. The molecule has 2 heterocycles. The van der Waals surface area contributed by atoms with E-state index in [1.807, 2.05) is 18.5 Å². The Morgan fingerprint density at radius 1 is 0.548 bits per heavy atom. The van der Waals surface area contributed by atoms with Crippen molar-refractivity contribution in [3.63, 3.8) is 0 Å². The summed E-state index contributed by atoms with van der Waals surface area (Å²) in [6, 6.07) is 38.7. The minimum Gasteiger partial charge on any atom is -0.307 e. The van der Waals surface area contributed by atoms with E-state index in [0.29, 0.717) is 0 Å². The van der Waals surface area contributed by atoms with Gasteiger partial charge in [-0.1, -0.05) is 78.9 Å². The molecule has 0 aliphatic heterocycles. The van der Waals surface area contributed by atoms with E-state index in [4.69, 9.17) is 0 Å². The van der Waals surface area contributed by atoms with E-state index in [1.165, 1.54) is 44.1 Å². The maximum atomic E-state index is 4.40. The number of para-hydroxylation sites is 1. The molecule has 2 heteroatoms. The third kappa shape index (κ3) is 2.92. The Labute approximate surface area is 181 Å². The minimum absolute atomic E-state index is 1.07. The van der Waals surface area contributed by atoms with Gasteiger partial charge >= 0.3 is 0 Å². The van der Waals surface area contributed by atoms with Crippen LogP contribution in [0.4, 0.5) is 0 Å². The van der Waals surface area contributed by atoms with Crippen molar-refractivity contribution in [3.05, 3.63) is 122 Å². The van der Waals surface area contributed by atoms with Crippen LogP contribution in [0.1, 0.15) is 0 Å². The Hall–Kier alpha value is -4.17. The topological polar surface area (TPSA) is 17.8 Å². The van der Waals surface area contributed by atoms with Crippen LogP contribution in [-0.2, 0) is 0 Å². The number of benzene rings is 4. The Balaban J connectivity index is 1.81. The fraction of sp³-hybridized carbons (Fsp3) is 0. The van der Waals surface area contributed by atoms with E-state index in [-0.39, 0.29) is 0 Å². The molecule has 0 saturated carbocycles. The molecule has 0 spiro atoms. The summed E-state index contributed by atoms with van der Waals surface area (Å²) in [5, 5.41) is 2.50. The predicted molar refractivity (Wildman–Crippen MR) is 129 cm³/mol. The molecule has 0 amide bonds. The van der Waals surface area contributed by atoms with Crippen LogP contribution in [0.25, 0.3) is 49.7 Å². The summed E-state index contributed by atoms with van der Waals surface area (Å²) in [6.45, 7) is 0. The van der Waals surface area contributed by atoms with Crippen molar-refractivity contribution in [2.45, 2.75) is 0 Å². The zero-order valence-electron chi connectivity index (χ0n) is 16.9. The number of hydrogen-bond acceptors (Lipinski definition) is 1. The van der Waals surface area contributed by atoms with Gasteiger partial charge in [-0.25, -0.2) is 0 Å². The molecule has 0 aliphatic rings. The molecule has 0 unspecified atom stereocenters. The van der Waals surface area contributed by atoms with Gasteiger partial charge in [-0.2, -0.15) is 0 Å². The Morgan fingerprint density at radius 3 is 2.00 bits per heavy atom. The van der Waals surface area contributed by atoms with Gasteiger partial charge in [0, 0.05) is 22.5 Å². The Bertz CT molecular complexity index is 1500. The molecule has 0 radical (unpaired) electrons. The lowest BCUT2D eigenvalue weighted by molar-refractivity contribution is 1.14. The van der Waals surface area contributed by atoms with Crippen molar-refractivity contribution in [3.8, 4) is 27.9 Å². The van der Waals surface area contributed by atoms with Crippen LogP contribution in [0.15, 0.2) is 122 Å². The van der Waals surface area contributed by atoms with Crippen LogP contribution in [-0.4, -0.2) is 9.55 Å². The van der Waals surface area contributed by atoms with E-state index in [9.17, 15) is 0 Å². The molecule has 0 fully saturated rings. The van der Waals surface area contributed by atoms with Crippen molar-refractivity contribution in [1.29, 1.82) is 0 Å². The van der Waals surface area contributed by atoms with Crippen LogP contribution in [0.5, 0.6) is 0 Å². The summed E-state index contributed by atoms with van der Waals surface area (Å²) in [4.78, 5) is 4.40. The monoisotopic (exact) mass is 396 g/mol. The second kappa shape index (κ2) is 7.26. The van der Waals surface area contributed by atoms with E-state index in [1.54, 1.807) is 0 Å². The van der Waals surface area contributed by atoms with Gasteiger partial charge in [0.1, 0.15) is 0 Å². The average molecular weight is 396 g/mol. The molecule has 0 aliphatic carbocycles. The third-order valence-electron chi connectivity index (χ3n) is 5.86. The highest BCUT2D eigenvalue weighted by molar-refractivity contribution is 6.15. The standard InChI is InChI=1S/C29H20N2/c1-3-10-21(11-4-1)23-18-26(22-12-5-2-6-13-22)29-27(19-23)25-15-7-8-16-28(25)31(29)24-14-9-17-30-20-24/h1-20H. The van der Waals surface area contributed by atoms with Crippen molar-refractivity contribution < 1.29 is 0 Å². The quantitative estimate of drug-likeness (QED) is 0.303. The maximum Gasteiger partial charge on any atom is 0.0645 e. The van der Waals surface area contributed by atoms with Gasteiger partial charge in [0.15, 0.2) is 0 Å². The average Bonchev–Trinajstić information content (AvgIpc) is 3.19. The van der Waals surface area contributed by atoms with E-state index >= 15 is 0 Å². The molecule has 0 saturated heterocycles. The van der Waals surface area contributed by atoms with Crippen molar-refractivity contribution >= 4 is 21.8 Å². The number of nitrogens with zero attached hydrogens (tertiary/aromatic N) is 2. The van der Waals surface area contributed by atoms with Crippen molar-refractivity contribution in [1.82, 2.24) is 9.55 Å². The van der Waals surface area contributed by atoms with Crippen LogP contribution in [0.3, 0.4) is 0 Å². The molecule has 0 N–H and O–H groups in total. The molecule has 6 aromatic rings. The van der Waals surface area contributed by atoms with Gasteiger partial charge in [0.25, 0.3) is 0 Å². The van der Waals surface area contributed by atoms with Crippen molar-refractivity contribution in [2.75, 3.05) is 0 Å². The molecule has 6 rings (SSSR count). The Kier molecular flexibility index (Phi) is 4.14. The number of hydrogen-bond donors (Lipinski definition) is 0. The van der Waals surface area contributed by atoms with E-state index < -0.39 is 0 Å². The summed E-state index contributed by atoms with van der Waals surface area (Å²) in [7, 11) is 0. The zero-order valence-corrected chi connectivity index (χ0v) is 16.9. The molecule has 0 bridgehead atoms. The normalized spacial score (nSPS) is 11.2. The van der Waals surface area contributed by atoms with Crippen LogP contribution < -0.4 is 0 Å². The van der Waals surface area contributed by atoms with E-state index in [0.717, 1.165) is 5.69 Å². The van der Waals surface area contributed by atoms with Gasteiger partial charge in [0.2, 0.25) is 0 Å². The van der Waals surface area contributed by atoms with Gasteiger partial charge in [0.05, 0.1) is 22.9 Å². The Morgan fingerprint density at radius 2 is 1.26 bits per heavy atom. The molecule has 31 heavy (non-hydrogen) atoms. The predicted octanol–water partition coefficient (Wildman–Crippen LogP) is 7.51. The number of aromatic nitrogens is 2. The second-order valence-electron chi connectivity index (χ2n) is 7.72. The van der Waals surface area contributed by atoms with Crippen LogP contribution >= 0.6 is 0 Å². The maximum absolute atomic E-state index is 4.40. The molecule has 0 atom stereocenters. The first-order chi connectivity index (χ1) is 15.4. The van der Waals surface area contributed by atoms with Gasteiger partial charge < -0.3 is 4.57 Å². The van der Waals surface area contributed by atoms with Gasteiger partial charge in [-0.3, -0.25) is 4.98 Å². The number of pyridine rings is 1. The first-order valence-corrected chi connectivity index (χ1v) is 10.5. The minimum atomic E-state index is 1.07. The highest BCUT2D eigenvalue weighted by atomic mass is 15.0. The lowest BCUT2D eigenvalue weighted by Gasteiger charge is -2.13. The molecule has 146 valence electrons. The molecular formula is C29H20N2. The lowest BCUT2D eigenvalue weighted by Crippen LogP contribution is -1.96. The summed E-state index contributed by atoms with van der Waals surface area (Å²) in [5.41, 5.74) is 8.34. The SMILES string of the molecule is c1ccc(-c2cc(-c3ccccc3)c3c(c2)c2ccccc2n3-c2cccnc2)cc1. The zero-order chi connectivity index (χ0) is 20.6. The fourth-order valence-electron chi connectivity index (χ4n) is 4.49. The summed E-state index contributed by atoms with van der Waals surface area (Å²) < 4.78 is 2.34. The van der Waals surface area contributed by atoms with Gasteiger partial charge in [-0.15, -0.1) is 0 Å². The molecule has 2 aromatic heterocycles. The van der Waals surface area contributed by atoms with Crippen molar-refractivity contribution in [2.24, 2.45) is 0 Å². The fourth-order valence-corrected chi connectivity index (χ4v) is 4.49. The summed E-state index contributed by atoms with van der Waals surface area (Å²) in [6.07, 6.45) is 3.76. The first kappa shape index (κ1) is 17.7. The number of fused-ring (bicyclic) bond motifs is 3. The third-order valence-corrected chi connectivity index (χ3v) is 5.86. The second-order valence-corrected chi connectivity index (χ2v) is 7.72. The smallest absolute Gasteiger partial charge is 0.0645 e. The number of rotatable bonds is 3. The first-order valence-electron chi connectivity index (χ1n) is 10.5. The summed E-state index contributed by atoms with van der Waals surface area (Å²) in [5.74, 6) is 0. The molecule has 2 nitrogen and oxygen atoms in total. The largest absolute Gasteiger partial charge is 0.307 e. The summed E-state index contributed by atoms with van der Waals surface area (Å²) >= 11 is 0.